The summed E-state index contributed by atoms with van der Waals surface area (Å²) in [5.41, 5.74) is -0.553. The first-order valence-electron chi connectivity index (χ1n) is 8.38. The molecular weight excluding hydrogens is 294 g/mol. The Morgan fingerprint density at radius 2 is 2.17 bits per heavy atom. The Bertz CT molecular complexity index is 562. The number of hydrogen-bond donors (Lipinski definition) is 1. The number of ether oxygens (including phenoxy) is 2. The number of carbonyl (C=O) groups is 1. The lowest BCUT2D eigenvalue weighted by molar-refractivity contribution is -0.145. The Morgan fingerprint density at radius 3 is 3.00 bits per heavy atom. The van der Waals surface area contributed by atoms with Crippen LogP contribution in [0.15, 0.2) is 24.3 Å². The molecule has 1 amide bonds. The molecule has 126 valence electrons. The van der Waals surface area contributed by atoms with Gasteiger partial charge in [-0.1, -0.05) is 18.9 Å². The van der Waals surface area contributed by atoms with Crippen LogP contribution in [-0.2, 0) is 4.79 Å². The van der Waals surface area contributed by atoms with E-state index < -0.39 is 5.60 Å². The summed E-state index contributed by atoms with van der Waals surface area (Å²) < 4.78 is 10.7. The van der Waals surface area contributed by atoms with Gasteiger partial charge in [-0.25, -0.2) is 0 Å². The topological polar surface area (TPSA) is 59.0 Å². The van der Waals surface area contributed by atoms with Gasteiger partial charge in [-0.2, -0.15) is 0 Å². The minimum absolute atomic E-state index is 0.0135. The van der Waals surface area contributed by atoms with Gasteiger partial charge in [0.2, 0.25) is 0 Å². The first kappa shape index (κ1) is 16.1. The summed E-state index contributed by atoms with van der Waals surface area (Å²) in [4.78, 5) is 14.2. The van der Waals surface area contributed by atoms with Gasteiger partial charge < -0.3 is 19.5 Å². The van der Waals surface area contributed by atoms with E-state index in [9.17, 15) is 9.90 Å². The number of aliphatic hydroxyl groups is 1. The van der Waals surface area contributed by atoms with Gasteiger partial charge in [-0.3, -0.25) is 4.79 Å². The fourth-order valence-corrected chi connectivity index (χ4v) is 3.72. The lowest BCUT2D eigenvalue weighted by Gasteiger charge is -2.47. The molecule has 0 aromatic heterocycles. The van der Waals surface area contributed by atoms with Gasteiger partial charge in [0.05, 0.1) is 12.7 Å². The number of benzene rings is 1. The maximum Gasteiger partial charge on any atom is 0.260 e. The number of hydrogen-bond acceptors (Lipinski definition) is 4. The summed E-state index contributed by atoms with van der Waals surface area (Å²) >= 11 is 0. The van der Waals surface area contributed by atoms with E-state index in [2.05, 4.69) is 0 Å². The van der Waals surface area contributed by atoms with E-state index in [4.69, 9.17) is 9.47 Å². The molecule has 1 saturated carbocycles. The highest BCUT2D eigenvalue weighted by atomic mass is 16.5. The van der Waals surface area contributed by atoms with E-state index in [1.54, 1.807) is 13.2 Å². The van der Waals surface area contributed by atoms with Crippen molar-refractivity contribution in [1.82, 2.24) is 4.90 Å². The van der Waals surface area contributed by atoms with Crippen LogP contribution in [0.1, 0.15) is 32.1 Å². The molecule has 1 saturated heterocycles. The first-order chi connectivity index (χ1) is 11.1. The largest absolute Gasteiger partial charge is 0.497 e. The molecule has 0 bridgehead atoms. The summed E-state index contributed by atoms with van der Waals surface area (Å²) in [5, 5.41) is 10.7. The zero-order chi connectivity index (χ0) is 16.3. The van der Waals surface area contributed by atoms with Crippen LogP contribution in [0.5, 0.6) is 11.5 Å². The van der Waals surface area contributed by atoms with Gasteiger partial charge in [0.15, 0.2) is 6.61 Å². The van der Waals surface area contributed by atoms with Crippen LogP contribution in [0.25, 0.3) is 0 Å². The third kappa shape index (κ3) is 3.61. The van der Waals surface area contributed by atoms with Gasteiger partial charge in [-0.15, -0.1) is 0 Å². The Kier molecular flexibility index (Phi) is 4.76. The van der Waals surface area contributed by atoms with Crippen molar-refractivity contribution in [2.45, 2.75) is 37.7 Å². The molecule has 23 heavy (non-hydrogen) atoms. The SMILES string of the molecule is COc1cccc(OCC(=O)N2CC[C@@]3(O)CCCC[C@H]3C2)c1. The molecule has 0 radical (unpaired) electrons. The number of carbonyl (C=O) groups excluding carboxylic acids is 1. The average Bonchev–Trinajstić information content (AvgIpc) is 2.59. The molecule has 1 aromatic rings. The van der Waals surface area contributed by atoms with Gasteiger partial charge in [0.1, 0.15) is 11.5 Å². The predicted molar refractivity (Wildman–Crippen MR) is 86.6 cm³/mol. The van der Waals surface area contributed by atoms with Crippen LogP contribution in [0.4, 0.5) is 0 Å². The number of methoxy groups -OCH3 is 1. The summed E-state index contributed by atoms with van der Waals surface area (Å²) in [7, 11) is 1.60. The molecule has 0 spiro atoms. The zero-order valence-electron chi connectivity index (χ0n) is 13.7. The number of amides is 1. The second-order valence-corrected chi connectivity index (χ2v) is 6.60. The van der Waals surface area contributed by atoms with Crippen LogP contribution in [0, 0.1) is 5.92 Å². The van der Waals surface area contributed by atoms with E-state index in [-0.39, 0.29) is 18.4 Å². The molecule has 0 unspecified atom stereocenters. The summed E-state index contributed by atoms with van der Waals surface area (Å²) in [6.45, 7) is 1.29. The molecule has 5 nitrogen and oxygen atoms in total. The van der Waals surface area contributed by atoms with E-state index in [0.29, 0.717) is 31.0 Å². The van der Waals surface area contributed by atoms with Crippen molar-refractivity contribution >= 4 is 5.91 Å². The Labute approximate surface area is 137 Å². The second kappa shape index (κ2) is 6.79. The third-order valence-corrected chi connectivity index (χ3v) is 5.18. The van der Waals surface area contributed by atoms with Gasteiger partial charge in [0, 0.05) is 25.1 Å². The Morgan fingerprint density at radius 1 is 1.35 bits per heavy atom. The van der Waals surface area contributed by atoms with Crippen LogP contribution >= 0.6 is 0 Å². The molecule has 1 aliphatic heterocycles. The normalized spacial score (nSPS) is 27.2. The van der Waals surface area contributed by atoms with Crippen molar-refractivity contribution in [2.75, 3.05) is 26.8 Å². The lowest BCUT2D eigenvalue weighted by Crippen LogP contribution is -2.55. The summed E-state index contributed by atoms with van der Waals surface area (Å²) in [6.07, 6.45) is 4.81. The van der Waals surface area contributed by atoms with E-state index in [0.717, 1.165) is 25.7 Å². The molecule has 2 atom stereocenters. The van der Waals surface area contributed by atoms with Crippen LogP contribution in [-0.4, -0.2) is 48.3 Å². The summed E-state index contributed by atoms with van der Waals surface area (Å²) in [6, 6.07) is 7.25. The predicted octanol–water partition coefficient (Wildman–Crippen LogP) is 2.23. The maximum absolute atomic E-state index is 12.4. The molecular formula is C18H25NO4. The van der Waals surface area contributed by atoms with Gasteiger partial charge in [-0.05, 0) is 31.4 Å². The minimum atomic E-state index is -0.553. The monoisotopic (exact) mass is 319 g/mol. The molecule has 1 aliphatic carbocycles. The third-order valence-electron chi connectivity index (χ3n) is 5.18. The Hall–Kier alpha value is -1.75. The quantitative estimate of drug-likeness (QED) is 0.924. The zero-order valence-corrected chi connectivity index (χ0v) is 13.7. The fraction of sp³-hybridized carbons (Fsp3) is 0.611. The highest BCUT2D eigenvalue weighted by Crippen LogP contribution is 2.39. The smallest absolute Gasteiger partial charge is 0.260 e. The number of piperidine rings is 1. The van der Waals surface area contributed by atoms with Crippen LogP contribution < -0.4 is 9.47 Å². The van der Waals surface area contributed by atoms with Crippen molar-refractivity contribution in [2.24, 2.45) is 5.92 Å². The highest BCUT2D eigenvalue weighted by molar-refractivity contribution is 5.78. The number of likely N-dealkylation sites (tertiary alicyclic amines) is 1. The minimum Gasteiger partial charge on any atom is -0.497 e. The van der Waals surface area contributed by atoms with Crippen LogP contribution in [0.3, 0.4) is 0 Å². The van der Waals surface area contributed by atoms with E-state index in [1.165, 1.54) is 0 Å². The summed E-state index contributed by atoms with van der Waals surface area (Å²) in [5.74, 6) is 1.54. The average molecular weight is 319 g/mol. The molecule has 5 heteroatoms. The fourth-order valence-electron chi connectivity index (χ4n) is 3.72. The molecule has 3 rings (SSSR count). The standard InChI is InChI=1S/C18H25NO4/c1-22-15-6-4-7-16(11-15)23-13-17(20)19-10-9-18(21)8-3-2-5-14(18)12-19/h4,6-7,11,14,21H,2-3,5,8-10,12-13H2,1H3/t14-,18-/m0/s1. The van der Waals surface area contributed by atoms with Crippen molar-refractivity contribution in [3.63, 3.8) is 0 Å². The maximum atomic E-state index is 12.4. The Balaban J connectivity index is 1.54. The van der Waals surface area contributed by atoms with Gasteiger partial charge in [0.25, 0.3) is 5.91 Å². The lowest BCUT2D eigenvalue weighted by atomic mass is 9.71. The van der Waals surface area contributed by atoms with E-state index in [1.807, 2.05) is 23.1 Å². The van der Waals surface area contributed by atoms with Gasteiger partial charge >= 0.3 is 0 Å². The second-order valence-electron chi connectivity index (χ2n) is 6.60. The highest BCUT2D eigenvalue weighted by Gasteiger charge is 2.43. The molecule has 2 aliphatic rings. The molecule has 1 aromatic carbocycles. The first-order valence-corrected chi connectivity index (χ1v) is 8.38. The van der Waals surface area contributed by atoms with E-state index >= 15 is 0 Å². The molecule has 1 N–H and O–H groups in total. The van der Waals surface area contributed by atoms with Crippen molar-refractivity contribution < 1.29 is 19.4 Å². The van der Waals surface area contributed by atoms with Crippen LogP contribution in [0.2, 0.25) is 0 Å². The van der Waals surface area contributed by atoms with Crippen molar-refractivity contribution in [3.8, 4) is 11.5 Å². The molecule has 2 fully saturated rings. The molecule has 1 heterocycles. The van der Waals surface area contributed by atoms with Crippen molar-refractivity contribution in [1.29, 1.82) is 0 Å². The number of nitrogens with zero attached hydrogens (tertiary/aromatic N) is 1. The van der Waals surface area contributed by atoms with Crippen molar-refractivity contribution in [3.05, 3.63) is 24.3 Å². The number of rotatable bonds is 4. The number of fused-ring (bicyclic) bond motifs is 1.